The minimum absolute atomic E-state index is 0.284. The number of aliphatic hydroxyl groups is 1. The molecule has 1 aliphatic rings. The molecule has 1 heterocycles. The minimum atomic E-state index is -0.890. The highest BCUT2D eigenvalue weighted by molar-refractivity contribution is 6.35. The van der Waals surface area contributed by atoms with Gasteiger partial charge in [-0.1, -0.05) is 29.3 Å². The standard InChI is InChI=1S/C13H13Cl2NO3/c1-19-13(18)11-2-3-16(7-12(11)17)10-5-8(14)4-9(15)6-10/h2,4-6,12,17H,3,7H2,1H3. The van der Waals surface area contributed by atoms with Crippen molar-refractivity contribution in [1.82, 2.24) is 0 Å². The van der Waals surface area contributed by atoms with Crippen molar-refractivity contribution in [3.05, 3.63) is 39.9 Å². The maximum absolute atomic E-state index is 11.4. The summed E-state index contributed by atoms with van der Waals surface area (Å²) in [5.74, 6) is -0.503. The molecule has 0 fully saturated rings. The molecule has 19 heavy (non-hydrogen) atoms. The van der Waals surface area contributed by atoms with Crippen LogP contribution in [0.2, 0.25) is 10.0 Å². The van der Waals surface area contributed by atoms with E-state index in [0.29, 0.717) is 16.6 Å². The number of anilines is 1. The second-order valence-corrected chi connectivity index (χ2v) is 5.07. The van der Waals surface area contributed by atoms with Gasteiger partial charge in [0, 0.05) is 28.8 Å². The van der Waals surface area contributed by atoms with Gasteiger partial charge in [0.2, 0.25) is 0 Å². The molecule has 4 nitrogen and oxygen atoms in total. The number of benzene rings is 1. The van der Waals surface area contributed by atoms with E-state index in [9.17, 15) is 9.90 Å². The summed E-state index contributed by atoms with van der Waals surface area (Å²) in [6.07, 6.45) is 0.758. The van der Waals surface area contributed by atoms with Crippen LogP contribution in [0.15, 0.2) is 29.8 Å². The molecule has 1 unspecified atom stereocenters. The number of nitrogens with zero attached hydrogens (tertiary/aromatic N) is 1. The van der Waals surface area contributed by atoms with Crippen LogP contribution in [0.1, 0.15) is 0 Å². The normalized spacial score (nSPS) is 19.1. The zero-order valence-corrected chi connectivity index (χ0v) is 11.8. The Morgan fingerprint density at radius 1 is 1.37 bits per heavy atom. The maximum atomic E-state index is 11.4. The zero-order chi connectivity index (χ0) is 14.0. The highest BCUT2D eigenvalue weighted by Crippen LogP contribution is 2.27. The van der Waals surface area contributed by atoms with E-state index in [1.54, 1.807) is 24.3 Å². The third kappa shape index (κ3) is 3.21. The Kier molecular flexibility index (Phi) is 4.34. The van der Waals surface area contributed by atoms with Crippen LogP contribution in [0, 0.1) is 0 Å². The molecular weight excluding hydrogens is 289 g/mol. The van der Waals surface area contributed by atoms with Crippen molar-refractivity contribution in [3.8, 4) is 0 Å². The van der Waals surface area contributed by atoms with Crippen LogP contribution in [-0.4, -0.2) is 37.4 Å². The van der Waals surface area contributed by atoms with E-state index in [4.69, 9.17) is 23.2 Å². The summed E-state index contributed by atoms with van der Waals surface area (Å²) in [4.78, 5) is 13.3. The Bertz CT molecular complexity index is 510. The van der Waals surface area contributed by atoms with E-state index in [0.717, 1.165) is 5.69 Å². The predicted octanol–water partition coefficient (Wildman–Crippen LogP) is 2.27. The van der Waals surface area contributed by atoms with Crippen molar-refractivity contribution >= 4 is 34.9 Å². The highest BCUT2D eigenvalue weighted by atomic mass is 35.5. The van der Waals surface area contributed by atoms with Crippen LogP contribution in [-0.2, 0) is 9.53 Å². The number of hydrogen-bond acceptors (Lipinski definition) is 4. The molecule has 0 saturated heterocycles. The Morgan fingerprint density at radius 2 is 2.00 bits per heavy atom. The molecule has 0 saturated carbocycles. The molecule has 0 spiro atoms. The second-order valence-electron chi connectivity index (χ2n) is 4.20. The maximum Gasteiger partial charge on any atom is 0.336 e. The molecule has 0 aromatic heterocycles. The molecule has 1 aromatic rings. The number of rotatable bonds is 2. The quantitative estimate of drug-likeness (QED) is 0.852. The van der Waals surface area contributed by atoms with Gasteiger partial charge in [0.15, 0.2) is 0 Å². The lowest BCUT2D eigenvalue weighted by atomic mass is 10.0. The van der Waals surface area contributed by atoms with Gasteiger partial charge < -0.3 is 14.7 Å². The van der Waals surface area contributed by atoms with Crippen molar-refractivity contribution in [2.75, 3.05) is 25.1 Å². The van der Waals surface area contributed by atoms with E-state index < -0.39 is 12.1 Å². The van der Waals surface area contributed by atoms with Gasteiger partial charge in [-0.3, -0.25) is 0 Å². The summed E-state index contributed by atoms with van der Waals surface area (Å²) in [6, 6.07) is 5.16. The summed E-state index contributed by atoms with van der Waals surface area (Å²) in [5, 5.41) is 11.0. The van der Waals surface area contributed by atoms with Crippen LogP contribution < -0.4 is 4.90 Å². The van der Waals surface area contributed by atoms with E-state index in [1.807, 2.05) is 4.90 Å². The van der Waals surface area contributed by atoms with Gasteiger partial charge in [-0.05, 0) is 18.2 Å². The topological polar surface area (TPSA) is 49.8 Å². The first kappa shape index (κ1) is 14.2. The highest BCUT2D eigenvalue weighted by Gasteiger charge is 2.26. The molecule has 0 radical (unpaired) electrons. The van der Waals surface area contributed by atoms with Crippen LogP contribution in [0.5, 0.6) is 0 Å². The summed E-state index contributed by atoms with van der Waals surface area (Å²) in [7, 11) is 1.29. The van der Waals surface area contributed by atoms with Gasteiger partial charge in [-0.25, -0.2) is 4.79 Å². The number of aliphatic hydroxyl groups excluding tert-OH is 1. The molecule has 0 amide bonds. The first-order chi connectivity index (χ1) is 9.01. The molecule has 0 bridgehead atoms. The molecule has 1 atom stereocenters. The lowest BCUT2D eigenvalue weighted by Gasteiger charge is -2.31. The Labute approximate surface area is 121 Å². The Balaban J connectivity index is 2.22. The van der Waals surface area contributed by atoms with Crippen LogP contribution in [0.4, 0.5) is 5.69 Å². The third-order valence-electron chi connectivity index (χ3n) is 2.92. The summed E-state index contributed by atoms with van der Waals surface area (Å²) >= 11 is 11.9. The molecule has 1 aromatic carbocycles. The molecule has 102 valence electrons. The largest absolute Gasteiger partial charge is 0.466 e. The number of methoxy groups -OCH3 is 1. The Morgan fingerprint density at radius 3 is 2.53 bits per heavy atom. The lowest BCUT2D eigenvalue weighted by Crippen LogP contribution is -2.40. The number of ether oxygens (including phenoxy) is 1. The zero-order valence-electron chi connectivity index (χ0n) is 10.3. The fourth-order valence-electron chi connectivity index (χ4n) is 2.00. The van der Waals surface area contributed by atoms with Gasteiger partial charge in [-0.15, -0.1) is 0 Å². The van der Waals surface area contributed by atoms with E-state index in [1.165, 1.54) is 7.11 Å². The van der Waals surface area contributed by atoms with E-state index >= 15 is 0 Å². The van der Waals surface area contributed by atoms with E-state index in [2.05, 4.69) is 4.74 Å². The van der Waals surface area contributed by atoms with Crippen LogP contribution in [0.3, 0.4) is 0 Å². The van der Waals surface area contributed by atoms with Crippen molar-refractivity contribution in [3.63, 3.8) is 0 Å². The smallest absolute Gasteiger partial charge is 0.336 e. The number of hydrogen-bond donors (Lipinski definition) is 1. The lowest BCUT2D eigenvalue weighted by molar-refractivity contribution is -0.137. The minimum Gasteiger partial charge on any atom is -0.466 e. The van der Waals surface area contributed by atoms with Gasteiger partial charge in [0.25, 0.3) is 0 Å². The number of carbonyl (C=O) groups excluding carboxylic acids is 1. The molecular formula is C13H13Cl2NO3. The number of β-amino-alcohol motifs (C(OH)–C–C–N with tert-alkyl or cyclic N) is 1. The van der Waals surface area contributed by atoms with Gasteiger partial charge in [0.05, 0.1) is 12.7 Å². The fourth-order valence-corrected chi connectivity index (χ4v) is 2.51. The number of carbonyl (C=O) groups is 1. The average molecular weight is 302 g/mol. The SMILES string of the molecule is COC(=O)C1=CCN(c2cc(Cl)cc(Cl)c2)CC1O. The van der Waals surface area contributed by atoms with Crippen LogP contribution in [0.25, 0.3) is 0 Å². The van der Waals surface area contributed by atoms with Crippen molar-refractivity contribution < 1.29 is 14.6 Å². The second kappa shape index (κ2) is 5.82. The van der Waals surface area contributed by atoms with Crippen molar-refractivity contribution in [2.24, 2.45) is 0 Å². The fraction of sp³-hybridized carbons (Fsp3) is 0.308. The van der Waals surface area contributed by atoms with Crippen LogP contribution >= 0.6 is 23.2 Å². The van der Waals surface area contributed by atoms with Gasteiger partial charge >= 0.3 is 5.97 Å². The van der Waals surface area contributed by atoms with Crippen molar-refractivity contribution in [1.29, 1.82) is 0 Å². The summed E-state index contributed by atoms with van der Waals surface area (Å²) < 4.78 is 4.61. The molecule has 2 rings (SSSR count). The first-order valence-corrected chi connectivity index (χ1v) is 6.44. The molecule has 0 aliphatic carbocycles. The first-order valence-electron chi connectivity index (χ1n) is 5.68. The molecule has 1 N–H and O–H groups in total. The monoisotopic (exact) mass is 301 g/mol. The summed E-state index contributed by atoms with van der Waals surface area (Å²) in [5.41, 5.74) is 1.09. The van der Waals surface area contributed by atoms with E-state index in [-0.39, 0.29) is 12.1 Å². The Hall–Kier alpha value is -1.23. The van der Waals surface area contributed by atoms with Crippen molar-refractivity contribution in [2.45, 2.75) is 6.10 Å². The van der Waals surface area contributed by atoms with Gasteiger partial charge in [-0.2, -0.15) is 0 Å². The number of esters is 1. The molecule has 1 aliphatic heterocycles. The van der Waals surface area contributed by atoms with Gasteiger partial charge in [0.1, 0.15) is 6.10 Å². The number of halogens is 2. The predicted molar refractivity (Wildman–Crippen MR) is 74.8 cm³/mol. The third-order valence-corrected chi connectivity index (χ3v) is 3.35. The molecule has 6 heteroatoms. The average Bonchev–Trinajstić information content (AvgIpc) is 2.36. The summed E-state index contributed by atoms with van der Waals surface area (Å²) in [6.45, 7) is 0.774.